The molecule has 2 N–H and O–H groups in total. The van der Waals surface area contributed by atoms with E-state index in [1.807, 2.05) is 0 Å². The molecule has 0 amide bonds. The predicted molar refractivity (Wildman–Crippen MR) is 50.4 cm³/mol. The molecular formula is C10H20O3. The second-order valence-electron chi connectivity index (χ2n) is 4.63. The Hall–Kier alpha value is -0.120. The van der Waals surface area contributed by atoms with Gasteiger partial charge in [-0.05, 0) is 19.8 Å². The number of hydrogen-bond donors (Lipinski definition) is 2. The highest BCUT2D eigenvalue weighted by Crippen LogP contribution is 2.31. The topological polar surface area (TPSA) is 49.7 Å². The zero-order valence-corrected chi connectivity index (χ0v) is 8.82. The molecule has 4 atom stereocenters. The van der Waals surface area contributed by atoms with Crippen molar-refractivity contribution < 1.29 is 14.9 Å². The molecule has 0 bridgehead atoms. The summed E-state index contributed by atoms with van der Waals surface area (Å²) in [6.45, 7) is 7.59. The van der Waals surface area contributed by atoms with Crippen molar-refractivity contribution in [2.75, 3.05) is 0 Å². The van der Waals surface area contributed by atoms with Crippen LogP contribution in [0.4, 0.5) is 0 Å². The third-order valence-electron chi connectivity index (χ3n) is 2.83. The molecule has 0 saturated carbocycles. The number of aliphatic hydroxyl groups excluding tert-OH is 1. The smallest absolute Gasteiger partial charge is 0.108 e. The van der Waals surface area contributed by atoms with E-state index in [4.69, 9.17) is 4.74 Å². The van der Waals surface area contributed by atoms with E-state index in [9.17, 15) is 10.2 Å². The standard InChI is InChI=1S/C10H20O3/c1-6(2)8-5-10(4,12)9(11)7(3)13-8/h6-9,11-12H,5H2,1-4H3/t7?,8-,9+,10+/m1/s1. The van der Waals surface area contributed by atoms with Crippen LogP contribution in [0, 0.1) is 5.92 Å². The fraction of sp³-hybridized carbons (Fsp3) is 1.00. The van der Waals surface area contributed by atoms with Crippen molar-refractivity contribution in [3.8, 4) is 0 Å². The first-order valence-electron chi connectivity index (χ1n) is 4.90. The van der Waals surface area contributed by atoms with Crippen molar-refractivity contribution in [2.24, 2.45) is 5.92 Å². The van der Waals surface area contributed by atoms with Crippen molar-refractivity contribution in [1.82, 2.24) is 0 Å². The molecule has 3 heteroatoms. The molecule has 1 fully saturated rings. The van der Waals surface area contributed by atoms with Gasteiger partial charge in [-0.2, -0.15) is 0 Å². The summed E-state index contributed by atoms with van der Waals surface area (Å²) in [5.74, 6) is 0.376. The van der Waals surface area contributed by atoms with Crippen LogP contribution < -0.4 is 0 Å². The molecule has 1 aliphatic heterocycles. The molecule has 0 aromatic carbocycles. The highest BCUT2D eigenvalue weighted by Gasteiger charge is 2.43. The lowest BCUT2D eigenvalue weighted by atomic mass is 9.83. The first-order chi connectivity index (χ1) is 5.84. The summed E-state index contributed by atoms with van der Waals surface area (Å²) in [6, 6.07) is 0. The van der Waals surface area contributed by atoms with Gasteiger partial charge in [0, 0.05) is 6.42 Å². The second kappa shape index (κ2) is 3.56. The zero-order chi connectivity index (χ0) is 10.2. The monoisotopic (exact) mass is 188 g/mol. The van der Waals surface area contributed by atoms with Crippen molar-refractivity contribution in [2.45, 2.75) is 58.0 Å². The summed E-state index contributed by atoms with van der Waals surface area (Å²) in [5.41, 5.74) is -1.01. The lowest BCUT2D eigenvalue weighted by Crippen LogP contribution is -2.55. The number of ether oxygens (including phenoxy) is 1. The van der Waals surface area contributed by atoms with Crippen LogP contribution in [0.3, 0.4) is 0 Å². The van der Waals surface area contributed by atoms with Gasteiger partial charge in [0.25, 0.3) is 0 Å². The summed E-state index contributed by atoms with van der Waals surface area (Å²) >= 11 is 0. The maximum absolute atomic E-state index is 9.90. The van der Waals surface area contributed by atoms with Crippen LogP contribution in [0.5, 0.6) is 0 Å². The Bertz CT molecular complexity index is 177. The van der Waals surface area contributed by atoms with Crippen molar-refractivity contribution in [3.63, 3.8) is 0 Å². The largest absolute Gasteiger partial charge is 0.387 e. The Morgan fingerprint density at radius 3 is 2.38 bits per heavy atom. The molecule has 1 heterocycles. The highest BCUT2D eigenvalue weighted by atomic mass is 16.5. The van der Waals surface area contributed by atoms with Crippen molar-refractivity contribution in [3.05, 3.63) is 0 Å². The maximum Gasteiger partial charge on any atom is 0.108 e. The average molecular weight is 188 g/mol. The number of aliphatic hydroxyl groups is 2. The van der Waals surface area contributed by atoms with Crippen LogP contribution >= 0.6 is 0 Å². The summed E-state index contributed by atoms with van der Waals surface area (Å²) in [5, 5.41) is 19.5. The molecule has 0 aliphatic carbocycles. The summed E-state index contributed by atoms with van der Waals surface area (Å²) in [6.07, 6.45) is -0.497. The zero-order valence-electron chi connectivity index (χ0n) is 8.82. The lowest BCUT2D eigenvalue weighted by Gasteiger charge is -2.43. The number of rotatable bonds is 1. The minimum atomic E-state index is -1.01. The van der Waals surface area contributed by atoms with E-state index in [1.54, 1.807) is 13.8 Å². The minimum Gasteiger partial charge on any atom is -0.387 e. The molecule has 1 aliphatic rings. The van der Waals surface area contributed by atoms with E-state index in [1.165, 1.54) is 0 Å². The van der Waals surface area contributed by atoms with Gasteiger partial charge in [0.1, 0.15) is 6.10 Å². The van der Waals surface area contributed by atoms with Gasteiger partial charge < -0.3 is 14.9 Å². The number of hydrogen-bond acceptors (Lipinski definition) is 3. The summed E-state index contributed by atoms with van der Waals surface area (Å²) in [4.78, 5) is 0. The fourth-order valence-electron chi connectivity index (χ4n) is 1.82. The van der Waals surface area contributed by atoms with Crippen molar-refractivity contribution in [1.29, 1.82) is 0 Å². The van der Waals surface area contributed by atoms with Gasteiger partial charge in [0.15, 0.2) is 0 Å². The molecule has 0 radical (unpaired) electrons. The Morgan fingerprint density at radius 2 is 2.00 bits per heavy atom. The molecule has 1 saturated heterocycles. The lowest BCUT2D eigenvalue weighted by molar-refractivity contribution is -0.212. The highest BCUT2D eigenvalue weighted by molar-refractivity contribution is 4.93. The van der Waals surface area contributed by atoms with E-state index in [2.05, 4.69) is 13.8 Å². The molecule has 13 heavy (non-hydrogen) atoms. The van der Waals surface area contributed by atoms with Gasteiger partial charge in [-0.1, -0.05) is 13.8 Å². The Morgan fingerprint density at radius 1 is 1.46 bits per heavy atom. The van der Waals surface area contributed by atoms with Crippen LogP contribution in [-0.4, -0.2) is 34.1 Å². The molecule has 3 nitrogen and oxygen atoms in total. The van der Waals surface area contributed by atoms with Crippen LogP contribution in [-0.2, 0) is 4.74 Å². The Labute approximate surface area is 79.7 Å². The normalized spacial score (nSPS) is 46.8. The molecular weight excluding hydrogens is 168 g/mol. The Balaban J connectivity index is 2.70. The van der Waals surface area contributed by atoms with Gasteiger partial charge in [0.2, 0.25) is 0 Å². The molecule has 0 aromatic heterocycles. The summed E-state index contributed by atoms with van der Waals surface area (Å²) in [7, 11) is 0. The van der Waals surface area contributed by atoms with E-state index >= 15 is 0 Å². The van der Waals surface area contributed by atoms with Crippen LogP contribution in [0.1, 0.15) is 34.1 Å². The predicted octanol–water partition coefficient (Wildman–Crippen LogP) is 0.932. The molecule has 78 valence electrons. The summed E-state index contributed by atoms with van der Waals surface area (Å²) < 4.78 is 5.59. The van der Waals surface area contributed by atoms with E-state index in [0.717, 1.165) is 0 Å². The molecule has 1 unspecified atom stereocenters. The van der Waals surface area contributed by atoms with E-state index < -0.39 is 11.7 Å². The molecule has 0 aromatic rings. The van der Waals surface area contributed by atoms with Gasteiger partial charge in [0.05, 0.1) is 17.8 Å². The van der Waals surface area contributed by atoms with Gasteiger partial charge in [-0.25, -0.2) is 0 Å². The third-order valence-corrected chi connectivity index (χ3v) is 2.83. The third kappa shape index (κ3) is 2.22. The first-order valence-corrected chi connectivity index (χ1v) is 4.90. The van der Waals surface area contributed by atoms with Gasteiger partial charge >= 0.3 is 0 Å². The van der Waals surface area contributed by atoms with Crippen LogP contribution in [0.25, 0.3) is 0 Å². The maximum atomic E-state index is 9.90. The quantitative estimate of drug-likeness (QED) is 0.643. The Kier molecular flexibility index (Phi) is 3.00. The van der Waals surface area contributed by atoms with Gasteiger partial charge in [-0.3, -0.25) is 0 Å². The second-order valence-corrected chi connectivity index (χ2v) is 4.63. The van der Waals surface area contributed by atoms with Crippen LogP contribution in [0.2, 0.25) is 0 Å². The van der Waals surface area contributed by atoms with Gasteiger partial charge in [-0.15, -0.1) is 0 Å². The fourth-order valence-corrected chi connectivity index (χ4v) is 1.82. The van der Waals surface area contributed by atoms with E-state index in [0.29, 0.717) is 12.3 Å². The minimum absolute atomic E-state index is 0.0494. The van der Waals surface area contributed by atoms with E-state index in [-0.39, 0.29) is 12.2 Å². The first kappa shape index (κ1) is 11.0. The SMILES string of the molecule is CC(C)[C@H]1C[C@](C)(O)[C@@H](O)C(C)O1. The van der Waals surface area contributed by atoms with Crippen LogP contribution in [0.15, 0.2) is 0 Å². The molecule has 0 spiro atoms. The van der Waals surface area contributed by atoms with Crippen molar-refractivity contribution >= 4 is 0 Å². The molecule has 1 rings (SSSR count). The average Bonchev–Trinajstić information content (AvgIpc) is 1.99.